The average molecular weight is 298 g/mol. The van der Waals surface area contributed by atoms with Crippen LogP contribution in [0.5, 0.6) is 0 Å². The van der Waals surface area contributed by atoms with Crippen molar-refractivity contribution in [3.63, 3.8) is 0 Å². The molecule has 0 aromatic rings. The molecule has 0 rings (SSSR count). The van der Waals surface area contributed by atoms with E-state index in [9.17, 15) is 14.4 Å². The van der Waals surface area contributed by atoms with Gasteiger partial charge in [0.15, 0.2) is 11.3 Å². The molecular weight excluding hydrogens is 270 g/mol. The predicted octanol–water partition coefficient (Wildman–Crippen LogP) is 0.289. The van der Waals surface area contributed by atoms with Crippen LogP contribution in [0.15, 0.2) is 0 Å². The maximum Gasteiger partial charge on any atom is 0.248 e. The van der Waals surface area contributed by atoms with Crippen molar-refractivity contribution in [1.29, 1.82) is 0 Å². The van der Waals surface area contributed by atoms with E-state index in [4.69, 9.17) is 11.5 Å². The summed E-state index contributed by atoms with van der Waals surface area (Å²) in [6.45, 7) is 7.45. The van der Waals surface area contributed by atoms with E-state index in [0.717, 1.165) is 0 Å². The third kappa shape index (κ3) is 5.55. The summed E-state index contributed by atoms with van der Waals surface area (Å²) in [6, 6.07) is -0.769. The second-order valence-corrected chi connectivity index (χ2v) is 6.05. The topological polar surface area (TPSA) is 115 Å². The molecule has 0 aliphatic heterocycles. The standard InChI is InChI=1S/C15H28N3O3/c1-10(2)12(9-19)18-14(21)15(17,7-5-6-8-16)13(20)11(3)4/h10-12H,5-8,16-17H2,1-4H3,(H,18,21)/t12-,15-/m1/s1. The lowest BCUT2D eigenvalue weighted by atomic mass is 9.82. The molecule has 0 aliphatic carbocycles. The fraction of sp³-hybridized carbons (Fsp3) is 0.800. The molecule has 0 aromatic heterocycles. The summed E-state index contributed by atoms with van der Waals surface area (Å²) < 4.78 is 0. The van der Waals surface area contributed by atoms with Crippen molar-refractivity contribution in [2.24, 2.45) is 23.3 Å². The van der Waals surface area contributed by atoms with Crippen LogP contribution >= 0.6 is 0 Å². The minimum absolute atomic E-state index is 0.117. The molecule has 0 saturated heterocycles. The van der Waals surface area contributed by atoms with E-state index in [1.807, 2.05) is 0 Å². The van der Waals surface area contributed by atoms with Crippen LogP contribution in [0.1, 0.15) is 47.0 Å². The first kappa shape index (κ1) is 19.7. The lowest BCUT2D eigenvalue weighted by Gasteiger charge is -2.30. The van der Waals surface area contributed by atoms with Gasteiger partial charge in [0, 0.05) is 5.92 Å². The fourth-order valence-electron chi connectivity index (χ4n) is 2.01. The maximum atomic E-state index is 12.4. The van der Waals surface area contributed by atoms with Gasteiger partial charge in [0.2, 0.25) is 12.2 Å². The Morgan fingerprint density at radius 3 is 2.14 bits per heavy atom. The highest BCUT2D eigenvalue weighted by atomic mass is 16.2. The van der Waals surface area contributed by atoms with Gasteiger partial charge in [0.25, 0.3) is 0 Å². The second-order valence-electron chi connectivity index (χ2n) is 6.05. The van der Waals surface area contributed by atoms with Gasteiger partial charge in [-0.2, -0.15) is 0 Å². The normalized spacial score (nSPS) is 15.6. The Morgan fingerprint density at radius 1 is 1.19 bits per heavy atom. The SMILES string of the molecule is CC(C)C(=O)[C@](N)(CCCCN)C(=O)N[C@H]([C]=O)C(C)C. The molecule has 0 aliphatic rings. The number of carbonyl (C=O) groups is 2. The number of rotatable bonds is 10. The molecule has 21 heavy (non-hydrogen) atoms. The van der Waals surface area contributed by atoms with E-state index in [1.165, 1.54) is 0 Å². The molecule has 0 bridgehead atoms. The zero-order valence-electron chi connectivity index (χ0n) is 13.4. The smallest absolute Gasteiger partial charge is 0.248 e. The average Bonchev–Trinajstić information content (AvgIpc) is 2.42. The number of hydrogen-bond acceptors (Lipinski definition) is 5. The van der Waals surface area contributed by atoms with Crippen LogP contribution < -0.4 is 16.8 Å². The van der Waals surface area contributed by atoms with E-state index in [-0.39, 0.29) is 24.0 Å². The van der Waals surface area contributed by atoms with Gasteiger partial charge in [0.1, 0.15) is 0 Å². The number of ketones is 1. The van der Waals surface area contributed by atoms with Crippen molar-refractivity contribution in [2.45, 2.75) is 58.5 Å². The van der Waals surface area contributed by atoms with Crippen LogP contribution in [-0.4, -0.2) is 36.1 Å². The molecule has 2 atom stereocenters. The monoisotopic (exact) mass is 298 g/mol. The molecule has 0 unspecified atom stereocenters. The van der Waals surface area contributed by atoms with Crippen molar-refractivity contribution in [3.8, 4) is 0 Å². The zero-order chi connectivity index (χ0) is 16.6. The number of nitrogens with two attached hydrogens (primary N) is 2. The van der Waals surface area contributed by atoms with Crippen molar-refractivity contribution >= 4 is 18.0 Å². The van der Waals surface area contributed by atoms with Gasteiger partial charge in [-0.15, -0.1) is 0 Å². The Hall–Kier alpha value is -1.27. The number of Topliss-reactive ketones (excluding diaryl/α,β-unsaturated/α-hetero) is 1. The molecule has 0 fully saturated rings. The van der Waals surface area contributed by atoms with Crippen molar-refractivity contribution in [3.05, 3.63) is 0 Å². The van der Waals surface area contributed by atoms with Crippen molar-refractivity contribution in [1.82, 2.24) is 5.32 Å². The predicted molar refractivity (Wildman–Crippen MR) is 82.1 cm³/mol. The van der Waals surface area contributed by atoms with Crippen LogP contribution in [0, 0.1) is 11.8 Å². The molecule has 121 valence electrons. The number of nitrogens with one attached hydrogen (secondary N) is 1. The third-order valence-electron chi connectivity index (χ3n) is 3.47. The molecule has 1 amide bonds. The first-order valence-electron chi connectivity index (χ1n) is 7.42. The first-order valence-corrected chi connectivity index (χ1v) is 7.42. The summed E-state index contributed by atoms with van der Waals surface area (Å²) >= 11 is 0. The van der Waals surface area contributed by atoms with Crippen LogP contribution in [-0.2, 0) is 14.4 Å². The van der Waals surface area contributed by atoms with Crippen molar-refractivity contribution in [2.75, 3.05) is 6.54 Å². The lowest BCUT2D eigenvalue weighted by molar-refractivity contribution is -0.138. The Bertz CT molecular complexity index is 369. The summed E-state index contributed by atoms with van der Waals surface area (Å²) in [5.41, 5.74) is 9.91. The maximum absolute atomic E-state index is 12.4. The first-order chi connectivity index (χ1) is 9.70. The Morgan fingerprint density at radius 2 is 1.76 bits per heavy atom. The van der Waals surface area contributed by atoms with Gasteiger partial charge >= 0.3 is 0 Å². The van der Waals surface area contributed by atoms with E-state index >= 15 is 0 Å². The highest BCUT2D eigenvalue weighted by molar-refractivity contribution is 6.11. The molecule has 6 nitrogen and oxygen atoms in total. The number of carbonyl (C=O) groups excluding carboxylic acids is 3. The van der Waals surface area contributed by atoms with Crippen LogP contribution in [0.4, 0.5) is 0 Å². The van der Waals surface area contributed by atoms with Gasteiger partial charge < -0.3 is 16.8 Å². The van der Waals surface area contributed by atoms with E-state index in [1.54, 1.807) is 34.0 Å². The third-order valence-corrected chi connectivity index (χ3v) is 3.47. The van der Waals surface area contributed by atoms with E-state index < -0.39 is 17.5 Å². The molecule has 6 heteroatoms. The Kier molecular flexibility index (Phi) is 8.36. The highest BCUT2D eigenvalue weighted by Gasteiger charge is 2.43. The van der Waals surface area contributed by atoms with Crippen LogP contribution in [0.2, 0.25) is 0 Å². The molecule has 5 N–H and O–H groups in total. The van der Waals surface area contributed by atoms with Crippen LogP contribution in [0.3, 0.4) is 0 Å². The summed E-state index contributed by atoms with van der Waals surface area (Å²) in [5, 5.41) is 2.53. The summed E-state index contributed by atoms with van der Waals surface area (Å²) in [5.74, 6) is -1.42. The van der Waals surface area contributed by atoms with Gasteiger partial charge in [-0.3, -0.25) is 14.4 Å². The summed E-state index contributed by atoms with van der Waals surface area (Å²) in [4.78, 5) is 35.6. The summed E-state index contributed by atoms with van der Waals surface area (Å²) in [7, 11) is 0. The molecule has 0 heterocycles. The second kappa shape index (κ2) is 8.89. The van der Waals surface area contributed by atoms with E-state index in [0.29, 0.717) is 19.4 Å². The minimum Gasteiger partial charge on any atom is -0.344 e. The molecule has 0 saturated carbocycles. The fourth-order valence-corrected chi connectivity index (χ4v) is 2.01. The van der Waals surface area contributed by atoms with Crippen LogP contribution in [0.25, 0.3) is 0 Å². The van der Waals surface area contributed by atoms with Gasteiger partial charge in [-0.1, -0.05) is 27.7 Å². The van der Waals surface area contributed by atoms with Gasteiger partial charge in [0.05, 0.1) is 6.04 Å². The number of hydrogen-bond donors (Lipinski definition) is 3. The largest absolute Gasteiger partial charge is 0.344 e. The van der Waals surface area contributed by atoms with E-state index in [2.05, 4.69) is 5.32 Å². The molecule has 1 radical (unpaired) electrons. The minimum atomic E-state index is -1.62. The molecule has 0 spiro atoms. The molecule has 0 aromatic carbocycles. The quantitative estimate of drug-likeness (QED) is 0.396. The lowest BCUT2D eigenvalue weighted by Crippen LogP contribution is -2.63. The summed E-state index contributed by atoms with van der Waals surface area (Å²) in [6.07, 6.45) is 3.26. The van der Waals surface area contributed by atoms with Gasteiger partial charge in [-0.25, -0.2) is 0 Å². The highest BCUT2D eigenvalue weighted by Crippen LogP contribution is 2.18. The Balaban J connectivity index is 5.14. The Labute approximate surface area is 127 Å². The van der Waals surface area contributed by atoms with Crippen molar-refractivity contribution < 1.29 is 14.4 Å². The van der Waals surface area contributed by atoms with Gasteiger partial charge in [-0.05, 0) is 31.7 Å². The number of unbranched alkanes of at least 4 members (excludes halogenated alkanes) is 1. The number of amides is 1. The molecular formula is C15H28N3O3. The zero-order valence-corrected chi connectivity index (χ0v) is 13.4.